The number of carbonyl (C=O) groups is 1. The van der Waals surface area contributed by atoms with Gasteiger partial charge in [-0.15, -0.1) is 0 Å². The SMILES string of the molecule is CC1(C)CCC2(C)C(=O)[C@H](O)[C@]3(C)C(=CC[C@@H]4C5(C)CCC(O)C(C)(C)[C@@H]5CCC43C)C2C1. The molecular formula is C30H48O3. The van der Waals surface area contributed by atoms with Crippen LogP contribution in [0.3, 0.4) is 0 Å². The van der Waals surface area contributed by atoms with E-state index in [2.05, 4.69) is 61.5 Å². The monoisotopic (exact) mass is 456 g/mol. The first-order chi connectivity index (χ1) is 15.1. The van der Waals surface area contributed by atoms with Gasteiger partial charge in [-0.3, -0.25) is 4.79 Å². The maximum atomic E-state index is 14.0. The normalized spacial score (nSPS) is 54.9. The molecule has 9 atom stereocenters. The minimum Gasteiger partial charge on any atom is -0.393 e. The molecule has 33 heavy (non-hydrogen) atoms. The Hall–Kier alpha value is -0.670. The summed E-state index contributed by atoms with van der Waals surface area (Å²) in [6.07, 6.45) is 9.38. The molecule has 3 nitrogen and oxygen atoms in total. The van der Waals surface area contributed by atoms with Crippen LogP contribution in [0.5, 0.6) is 0 Å². The van der Waals surface area contributed by atoms with Crippen LogP contribution in [0.2, 0.25) is 0 Å². The highest BCUT2D eigenvalue weighted by molar-refractivity contribution is 5.92. The van der Waals surface area contributed by atoms with Crippen molar-refractivity contribution in [3.63, 3.8) is 0 Å². The van der Waals surface area contributed by atoms with Crippen LogP contribution >= 0.6 is 0 Å². The van der Waals surface area contributed by atoms with Crippen LogP contribution in [0, 0.1) is 50.2 Å². The average Bonchev–Trinajstić information content (AvgIpc) is 2.72. The summed E-state index contributed by atoms with van der Waals surface area (Å²) in [5.74, 6) is 1.25. The van der Waals surface area contributed by atoms with Gasteiger partial charge in [0.15, 0.2) is 5.78 Å². The summed E-state index contributed by atoms with van der Waals surface area (Å²) >= 11 is 0. The summed E-state index contributed by atoms with van der Waals surface area (Å²) in [6.45, 7) is 18.5. The third-order valence-electron chi connectivity index (χ3n) is 13.0. The van der Waals surface area contributed by atoms with Gasteiger partial charge in [-0.2, -0.15) is 0 Å². The summed E-state index contributed by atoms with van der Waals surface area (Å²) in [4.78, 5) is 14.0. The summed E-state index contributed by atoms with van der Waals surface area (Å²) in [7, 11) is 0. The number of hydrogen-bond acceptors (Lipinski definition) is 3. The number of carbonyl (C=O) groups excluding carboxylic acids is 1. The molecule has 0 heterocycles. The fourth-order valence-corrected chi connectivity index (χ4v) is 10.4. The van der Waals surface area contributed by atoms with Crippen LogP contribution in [-0.2, 0) is 4.79 Å². The van der Waals surface area contributed by atoms with Gasteiger partial charge in [0.1, 0.15) is 6.10 Å². The third-order valence-corrected chi connectivity index (χ3v) is 13.0. The Balaban J connectivity index is 1.64. The molecule has 5 aliphatic rings. The first kappa shape index (κ1) is 24.0. The zero-order chi connectivity index (χ0) is 24.4. The molecule has 186 valence electrons. The highest BCUT2D eigenvalue weighted by atomic mass is 16.3. The molecule has 2 N–H and O–H groups in total. The van der Waals surface area contributed by atoms with Gasteiger partial charge in [0.05, 0.1) is 6.10 Å². The van der Waals surface area contributed by atoms with E-state index in [0.717, 1.165) is 51.4 Å². The van der Waals surface area contributed by atoms with Crippen molar-refractivity contribution in [1.82, 2.24) is 0 Å². The molecule has 5 unspecified atom stereocenters. The number of ketones is 1. The smallest absolute Gasteiger partial charge is 0.168 e. The van der Waals surface area contributed by atoms with E-state index in [0.29, 0.717) is 11.8 Å². The fraction of sp³-hybridized carbons (Fsp3) is 0.900. The highest BCUT2D eigenvalue weighted by Gasteiger charge is 2.72. The lowest BCUT2D eigenvalue weighted by atomic mass is 9.33. The molecule has 4 saturated carbocycles. The predicted molar refractivity (Wildman–Crippen MR) is 132 cm³/mol. The Bertz CT molecular complexity index is 900. The zero-order valence-corrected chi connectivity index (χ0v) is 22.4. The van der Waals surface area contributed by atoms with Gasteiger partial charge in [-0.1, -0.05) is 67.0 Å². The number of fused-ring (bicyclic) bond motifs is 7. The summed E-state index contributed by atoms with van der Waals surface area (Å²) < 4.78 is 0. The molecule has 0 saturated heterocycles. The maximum absolute atomic E-state index is 14.0. The Kier molecular flexibility index (Phi) is 4.92. The van der Waals surface area contributed by atoms with Crippen LogP contribution in [0.25, 0.3) is 0 Å². The van der Waals surface area contributed by atoms with Crippen molar-refractivity contribution >= 4 is 5.78 Å². The molecule has 0 amide bonds. The van der Waals surface area contributed by atoms with Crippen LogP contribution < -0.4 is 0 Å². The van der Waals surface area contributed by atoms with E-state index < -0.39 is 16.9 Å². The Labute approximate surface area is 201 Å². The van der Waals surface area contributed by atoms with Gasteiger partial charge in [0, 0.05) is 10.8 Å². The lowest BCUT2D eigenvalue weighted by Crippen LogP contribution is -2.69. The van der Waals surface area contributed by atoms with Crippen molar-refractivity contribution in [2.75, 3.05) is 0 Å². The molecule has 0 aromatic rings. The second kappa shape index (κ2) is 6.75. The second-order valence-electron chi connectivity index (χ2n) is 15.1. The zero-order valence-electron chi connectivity index (χ0n) is 22.4. The van der Waals surface area contributed by atoms with Gasteiger partial charge < -0.3 is 10.2 Å². The van der Waals surface area contributed by atoms with E-state index in [9.17, 15) is 15.0 Å². The number of hydrogen-bond donors (Lipinski definition) is 2. The summed E-state index contributed by atoms with van der Waals surface area (Å²) in [6, 6.07) is 0. The van der Waals surface area contributed by atoms with Gasteiger partial charge in [0.2, 0.25) is 0 Å². The Morgan fingerprint density at radius 2 is 1.52 bits per heavy atom. The van der Waals surface area contributed by atoms with Crippen LogP contribution in [0.1, 0.15) is 107 Å². The van der Waals surface area contributed by atoms with Gasteiger partial charge in [0.25, 0.3) is 0 Å². The number of aliphatic hydroxyl groups excluding tert-OH is 2. The van der Waals surface area contributed by atoms with E-state index in [4.69, 9.17) is 0 Å². The quantitative estimate of drug-likeness (QED) is 0.419. The molecule has 0 spiro atoms. The number of Topliss-reactive ketones (excluding diaryl/α,β-unsaturated/α-hetero) is 1. The third kappa shape index (κ3) is 2.73. The van der Waals surface area contributed by atoms with Crippen LogP contribution in [-0.4, -0.2) is 28.2 Å². The maximum Gasteiger partial charge on any atom is 0.168 e. The molecule has 0 aromatic carbocycles. The average molecular weight is 457 g/mol. The second-order valence-corrected chi connectivity index (χ2v) is 15.1. The van der Waals surface area contributed by atoms with Crippen molar-refractivity contribution < 1.29 is 15.0 Å². The summed E-state index contributed by atoms with van der Waals surface area (Å²) in [5, 5.41) is 22.7. The minimum atomic E-state index is -0.915. The first-order valence-electron chi connectivity index (χ1n) is 13.7. The summed E-state index contributed by atoms with van der Waals surface area (Å²) in [5.41, 5.74) is 0.626. The van der Waals surface area contributed by atoms with Crippen LogP contribution in [0.15, 0.2) is 11.6 Å². The molecule has 0 aromatic heterocycles. The van der Waals surface area contributed by atoms with Crippen molar-refractivity contribution in [2.45, 2.75) is 119 Å². The molecule has 0 bridgehead atoms. The van der Waals surface area contributed by atoms with E-state index in [1.165, 1.54) is 5.57 Å². The molecule has 5 aliphatic carbocycles. The molecule has 5 rings (SSSR count). The topological polar surface area (TPSA) is 57.5 Å². The molecule has 0 radical (unpaired) electrons. The van der Waals surface area contributed by atoms with Gasteiger partial charge >= 0.3 is 0 Å². The van der Waals surface area contributed by atoms with Crippen molar-refractivity contribution in [2.24, 2.45) is 50.2 Å². The van der Waals surface area contributed by atoms with Gasteiger partial charge in [-0.05, 0) is 90.8 Å². The first-order valence-corrected chi connectivity index (χ1v) is 13.7. The van der Waals surface area contributed by atoms with Crippen molar-refractivity contribution in [1.29, 1.82) is 0 Å². The van der Waals surface area contributed by atoms with Crippen molar-refractivity contribution in [3.05, 3.63) is 11.6 Å². The van der Waals surface area contributed by atoms with E-state index in [-0.39, 0.29) is 39.5 Å². The lowest BCUT2D eigenvalue weighted by molar-refractivity contribution is -0.219. The van der Waals surface area contributed by atoms with E-state index in [1.54, 1.807) is 0 Å². The molecule has 0 aliphatic heterocycles. The van der Waals surface area contributed by atoms with Crippen LogP contribution in [0.4, 0.5) is 0 Å². The highest BCUT2D eigenvalue weighted by Crippen LogP contribution is 2.75. The standard InChI is InChI=1S/C30H48O3/c1-25(2)15-16-27(5)19(17-25)18-9-10-21-28(6)13-12-22(31)26(3,4)20(28)11-14-29(21,7)30(18,8)24(33)23(27)32/h9,19-22,24,31,33H,10-17H2,1-8H3/t19?,20-,21+,22?,24-,27?,28?,29?,30-/m0/s1. The Morgan fingerprint density at radius 1 is 0.848 bits per heavy atom. The van der Waals surface area contributed by atoms with Crippen molar-refractivity contribution in [3.8, 4) is 0 Å². The van der Waals surface area contributed by atoms with E-state index in [1.807, 2.05) is 0 Å². The number of rotatable bonds is 0. The Morgan fingerprint density at radius 3 is 2.18 bits per heavy atom. The molecular weight excluding hydrogens is 408 g/mol. The molecule has 4 fully saturated rings. The largest absolute Gasteiger partial charge is 0.393 e. The van der Waals surface area contributed by atoms with E-state index >= 15 is 0 Å². The molecule has 3 heteroatoms. The van der Waals surface area contributed by atoms with Gasteiger partial charge in [-0.25, -0.2) is 0 Å². The fourth-order valence-electron chi connectivity index (χ4n) is 10.4. The lowest BCUT2D eigenvalue weighted by Gasteiger charge is -2.71. The predicted octanol–water partition coefficient (Wildman–Crippen LogP) is 6.32. The number of aliphatic hydroxyl groups is 2. The minimum absolute atomic E-state index is 0.0911. The number of allylic oxidation sites excluding steroid dienone is 1.